The molecule has 1 saturated carbocycles. The van der Waals surface area contributed by atoms with Crippen molar-refractivity contribution in [3.05, 3.63) is 35.4 Å². The SMILES string of the molecule is CC1CCCCC1.O=C1NC(=O)c2ccccc21. The molecule has 0 bridgehead atoms. The highest BCUT2D eigenvalue weighted by Crippen LogP contribution is 2.22. The first kappa shape index (κ1) is 12.8. The predicted molar refractivity (Wildman–Crippen MR) is 70.5 cm³/mol. The van der Waals surface area contributed by atoms with Gasteiger partial charge in [0.2, 0.25) is 0 Å². The number of carbonyl (C=O) groups excluding carboxylic acids is 2. The van der Waals surface area contributed by atoms with Crippen LogP contribution in [0.2, 0.25) is 0 Å². The van der Waals surface area contributed by atoms with Crippen LogP contribution in [0.25, 0.3) is 0 Å². The van der Waals surface area contributed by atoms with Gasteiger partial charge in [0.05, 0.1) is 11.1 Å². The van der Waals surface area contributed by atoms with Crippen molar-refractivity contribution in [3.8, 4) is 0 Å². The largest absolute Gasteiger partial charge is 0.288 e. The van der Waals surface area contributed by atoms with Gasteiger partial charge in [-0.05, 0) is 18.1 Å². The van der Waals surface area contributed by atoms with Crippen molar-refractivity contribution in [3.63, 3.8) is 0 Å². The van der Waals surface area contributed by atoms with Crippen molar-refractivity contribution in [2.75, 3.05) is 0 Å². The normalized spacial score (nSPS) is 18.7. The fourth-order valence-electron chi connectivity index (χ4n) is 2.42. The van der Waals surface area contributed by atoms with E-state index in [0.29, 0.717) is 11.1 Å². The summed E-state index contributed by atoms with van der Waals surface area (Å²) in [5.41, 5.74) is 0.940. The number of hydrogen-bond acceptors (Lipinski definition) is 2. The van der Waals surface area contributed by atoms with Gasteiger partial charge in [0, 0.05) is 0 Å². The van der Waals surface area contributed by atoms with Crippen LogP contribution in [0.5, 0.6) is 0 Å². The summed E-state index contributed by atoms with van der Waals surface area (Å²) in [5, 5.41) is 2.20. The Labute approximate surface area is 108 Å². The summed E-state index contributed by atoms with van der Waals surface area (Å²) in [6, 6.07) is 6.74. The third-order valence-corrected chi connectivity index (χ3v) is 3.54. The lowest BCUT2D eigenvalue weighted by molar-refractivity contribution is 0.0879. The van der Waals surface area contributed by atoms with Crippen LogP contribution < -0.4 is 5.32 Å². The van der Waals surface area contributed by atoms with Gasteiger partial charge < -0.3 is 0 Å². The molecule has 1 aliphatic carbocycles. The molecule has 96 valence electrons. The molecule has 0 spiro atoms. The van der Waals surface area contributed by atoms with Gasteiger partial charge in [-0.3, -0.25) is 14.9 Å². The molecule has 0 aromatic heterocycles. The Morgan fingerprint density at radius 1 is 0.944 bits per heavy atom. The van der Waals surface area contributed by atoms with E-state index in [0.717, 1.165) is 5.92 Å². The molecule has 1 aliphatic heterocycles. The number of rotatable bonds is 0. The monoisotopic (exact) mass is 245 g/mol. The van der Waals surface area contributed by atoms with Crippen LogP contribution in [-0.4, -0.2) is 11.8 Å². The predicted octanol–water partition coefficient (Wildman–Crippen LogP) is 3.16. The van der Waals surface area contributed by atoms with Crippen molar-refractivity contribution >= 4 is 11.8 Å². The van der Waals surface area contributed by atoms with E-state index in [1.165, 1.54) is 32.1 Å². The van der Waals surface area contributed by atoms with E-state index in [4.69, 9.17) is 0 Å². The second-order valence-corrected chi connectivity index (χ2v) is 5.07. The van der Waals surface area contributed by atoms with Crippen molar-refractivity contribution in [2.45, 2.75) is 39.0 Å². The number of amides is 2. The summed E-state index contributed by atoms with van der Waals surface area (Å²) in [6.07, 6.45) is 7.44. The molecule has 0 atom stereocenters. The van der Waals surface area contributed by atoms with E-state index in [2.05, 4.69) is 12.2 Å². The number of hydrogen-bond donors (Lipinski definition) is 1. The van der Waals surface area contributed by atoms with Gasteiger partial charge >= 0.3 is 0 Å². The lowest BCUT2D eigenvalue weighted by Crippen LogP contribution is -2.19. The molecule has 1 heterocycles. The molecule has 0 unspecified atom stereocenters. The Bertz CT molecular complexity index is 415. The van der Waals surface area contributed by atoms with Gasteiger partial charge in [0.1, 0.15) is 0 Å². The summed E-state index contributed by atoms with van der Waals surface area (Å²) < 4.78 is 0. The smallest absolute Gasteiger partial charge is 0.258 e. The van der Waals surface area contributed by atoms with Gasteiger partial charge in [-0.1, -0.05) is 51.2 Å². The maximum Gasteiger partial charge on any atom is 0.258 e. The molecule has 1 aromatic rings. The van der Waals surface area contributed by atoms with Gasteiger partial charge in [-0.15, -0.1) is 0 Å². The molecule has 2 aliphatic rings. The van der Waals surface area contributed by atoms with E-state index in [9.17, 15) is 9.59 Å². The Hall–Kier alpha value is -1.64. The number of imide groups is 1. The van der Waals surface area contributed by atoms with Crippen LogP contribution in [0, 0.1) is 5.92 Å². The molecule has 18 heavy (non-hydrogen) atoms. The van der Waals surface area contributed by atoms with Crippen LogP contribution in [0.1, 0.15) is 59.7 Å². The van der Waals surface area contributed by atoms with E-state index < -0.39 is 0 Å². The van der Waals surface area contributed by atoms with Crippen LogP contribution in [0.15, 0.2) is 24.3 Å². The van der Waals surface area contributed by atoms with Gasteiger partial charge in [-0.2, -0.15) is 0 Å². The summed E-state index contributed by atoms with van der Waals surface area (Å²) in [4.78, 5) is 21.9. The maximum atomic E-state index is 10.9. The highest BCUT2D eigenvalue weighted by molar-refractivity contribution is 6.21. The minimum atomic E-state index is -0.300. The molecule has 3 heteroatoms. The molecule has 0 radical (unpaired) electrons. The van der Waals surface area contributed by atoms with Crippen molar-refractivity contribution in [2.24, 2.45) is 5.92 Å². The minimum absolute atomic E-state index is 0.300. The van der Waals surface area contributed by atoms with Gasteiger partial charge in [0.15, 0.2) is 0 Å². The molecule has 3 nitrogen and oxygen atoms in total. The van der Waals surface area contributed by atoms with Crippen LogP contribution >= 0.6 is 0 Å². The zero-order valence-electron chi connectivity index (χ0n) is 10.7. The average Bonchev–Trinajstić information content (AvgIpc) is 2.68. The minimum Gasteiger partial charge on any atom is -0.288 e. The molecular weight excluding hydrogens is 226 g/mol. The zero-order valence-corrected chi connectivity index (χ0v) is 10.7. The first-order chi connectivity index (χ1) is 8.68. The van der Waals surface area contributed by atoms with Crippen molar-refractivity contribution in [1.82, 2.24) is 5.32 Å². The van der Waals surface area contributed by atoms with E-state index in [1.807, 2.05) is 0 Å². The van der Waals surface area contributed by atoms with E-state index in [-0.39, 0.29) is 11.8 Å². The maximum absolute atomic E-state index is 10.9. The molecular formula is C15H19NO2. The summed E-state index contributed by atoms with van der Waals surface area (Å²) >= 11 is 0. The Morgan fingerprint density at radius 2 is 1.44 bits per heavy atom. The molecule has 1 N–H and O–H groups in total. The van der Waals surface area contributed by atoms with Gasteiger partial charge in [0.25, 0.3) is 11.8 Å². The first-order valence-electron chi connectivity index (χ1n) is 6.63. The summed E-state index contributed by atoms with van der Waals surface area (Å²) in [7, 11) is 0. The first-order valence-corrected chi connectivity index (χ1v) is 6.63. The molecule has 2 amide bonds. The zero-order chi connectivity index (χ0) is 13.0. The summed E-state index contributed by atoms with van der Waals surface area (Å²) in [6.45, 7) is 2.36. The fraction of sp³-hybridized carbons (Fsp3) is 0.467. The highest BCUT2D eigenvalue weighted by atomic mass is 16.2. The Morgan fingerprint density at radius 3 is 1.83 bits per heavy atom. The fourth-order valence-corrected chi connectivity index (χ4v) is 2.42. The number of carbonyl (C=O) groups is 2. The standard InChI is InChI=1S/C8H5NO2.C7H14/c10-7-5-3-1-2-4-6(5)8(11)9-7;1-7-5-3-2-4-6-7/h1-4H,(H,9,10,11);7H,2-6H2,1H3. The Kier molecular flexibility index (Phi) is 4.13. The third-order valence-electron chi connectivity index (χ3n) is 3.54. The molecule has 1 aromatic carbocycles. The number of nitrogens with one attached hydrogen (secondary N) is 1. The van der Waals surface area contributed by atoms with Crippen molar-refractivity contribution in [1.29, 1.82) is 0 Å². The second kappa shape index (κ2) is 5.80. The highest BCUT2D eigenvalue weighted by Gasteiger charge is 2.25. The van der Waals surface area contributed by atoms with E-state index >= 15 is 0 Å². The van der Waals surface area contributed by atoms with Crippen LogP contribution in [-0.2, 0) is 0 Å². The quantitative estimate of drug-likeness (QED) is 0.714. The van der Waals surface area contributed by atoms with Gasteiger partial charge in [-0.25, -0.2) is 0 Å². The Balaban J connectivity index is 0.000000149. The van der Waals surface area contributed by atoms with Crippen molar-refractivity contribution < 1.29 is 9.59 Å². The lowest BCUT2D eigenvalue weighted by Gasteiger charge is -2.15. The average molecular weight is 245 g/mol. The van der Waals surface area contributed by atoms with Crippen LogP contribution in [0.3, 0.4) is 0 Å². The topological polar surface area (TPSA) is 46.2 Å². The van der Waals surface area contributed by atoms with Crippen LogP contribution in [0.4, 0.5) is 0 Å². The van der Waals surface area contributed by atoms with E-state index in [1.54, 1.807) is 24.3 Å². The summed E-state index contributed by atoms with van der Waals surface area (Å²) in [5.74, 6) is 0.435. The third kappa shape index (κ3) is 2.97. The lowest BCUT2D eigenvalue weighted by atomic mass is 9.91. The molecule has 1 fully saturated rings. The molecule has 3 rings (SSSR count). The number of benzene rings is 1. The second-order valence-electron chi connectivity index (χ2n) is 5.07. The number of fused-ring (bicyclic) bond motifs is 1. The molecule has 0 saturated heterocycles.